The van der Waals surface area contributed by atoms with Crippen LogP contribution in [0.1, 0.15) is 18.0 Å². The van der Waals surface area contributed by atoms with Gasteiger partial charge in [0.15, 0.2) is 0 Å². The Morgan fingerprint density at radius 1 is 1.45 bits per heavy atom. The molecule has 1 N–H and O–H groups in total. The molecule has 0 radical (unpaired) electrons. The molecule has 0 saturated heterocycles. The smallest absolute Gasteiger partial charge is 0.229 e. The zero-order valence-electron chi connectivity index (χ0n) is 10.4. The summed E-state index contributed by atoms with van der Waals surface area (Å²) in [4.78, 5) is 15.9. The minimum absolute atomic E-state index is 0.0892. The Balaban J connectivity index is 2.17. The summed E-state index contributed by atoms with van der Waals surface area (Å²) in [5, 5.41) is 6.88. The first kappa shape index (κ1) is 13.6. The van der Waals surface area contributed by atoms with Crippen LogP contribution in [0.15, 0.2) is 27.4 Å². The van der Waals surface area contributed by atoms with Gasteiger partial charge in [0.1, 0.15) is 12.1 Å². The van der Waals surface area contributed by atoms with E-state index in [1.165, 1.54) is 6.33 Å². The van der Waals surface area contributed by atoms with E-state index in [4.69, 9.17) is 4.74 Å². The van der Waals surface area contributed by atoms with Crippen molar-refractivity contribution in [1.82, 2.24) is 14.8 Å². The molecular weight excluding hydrogens is 392 g/mol. The van der Waals surface area contributed by atoms with Gasteiger partial charge in [0, 0.05) is 10.0 Å². The number of hydrogen-bond donors (Lipinski definition) is 1. The number of anilines is 1. The van der Waals surface area contributed by atoms with Gasteiger partial charge in [0.25, 0.3) is 0 Å². The fourth-order valence-electron chi connectivity index (χ4n) is 2.29. The summed E-state index contributed by atoms with van der Waals surface area (Å²) in [5.41, 5.74) is 0.871. The highest BCUT2D eigenvalue weighted by atomic mass is 79.9. The van der Waals surface area contributed by atoms with E-state index in [2.05, 4.69) is 47.3 Å². The van der Waals surface area contributed by atoms with E-state index in [0.29, 0.717) is 11.7 Å². The number of carbonyl (C=O) groups excluding carboxylic acids is 1. The van der Waals surface area contributed by atoms with Crippen molar-refractivity contribution >= 4 is 43.7 Å². The molecule has 1 aromatic carbocycles. The predicted octanol–water partition coefficient (Wildman–Crippen LogP) is 2.74. The first-order valence-electron chi connectivity index (χ1n) is 5.82. The maximum Gasteiger partial charge on any atom is 0.229 e. The van der Waals surface area contributed by atoms with E-state index in [1.54, 1.807) is 11.8 Å². The Morgan fingerprint density at radius 3 is 3.00 bits per heavy atom. The summed E-state index contributed by atoms with van der Waals surface area (Å²) < 4.78 is 8.86. The molecule has 1 amide bonds. The lowest BCUT2D eigenvalue weighted by molar-refractivity contribution is -0.117. The van der Waals surface area contributed by atoms with Gasteiger partial charge in [0.2, 0.25) is 11.9 Å². The van der Waals surface area contributed by atoms with Gasteiger partial charge in [-0.2, -0.15) is 10.1 Å². The van der Waals surface area contributed by atoms with Crippen LogP contribution in [0.5, 0.6) is 5.75 Å². The maximum atomic E-state index is 11.8. The second kappa shape index (κ2) is 5.17. The summed E-state index contributed by atoms with van der Waals surface area (Å²) in [6.45, 7) is 0. The van der Waals surface area contributed by atoms with E-state index < -0.39 is 0 Å². The molecule has 6 nitrogen and oxygen atoms in total. The number of amides is 1. The molecule has 1 aliphatic heterocycles. The number of rotatable bonds is 2. The van der Waals surface area contributed by atoms with Crippen molar-refractivity contribution in [1.29, 1.82) is 0 Å². The molecule has 0 saturated carbocycles. The van der Waals surface area contributed by atoms with Gasteiger partial charge in [-0.25, -0.2) is 4.68 Å². The summed E-state index contributed by atoms with van der Waals surface area (Å²) >= 11 is 6.93. The van der Waals surface area contributed by atoms with E-state index >= 15 is 0 Å². The van der Waals surface area contributed by atoms with Crippen molar-refractivity contribution in [2.24, 2.45) is 0 Å². The Bertz CT molecular complexity index is 686. The highest BCUT2D eigenvalue weighted by molar-refractivity contribution is 9.11. The molecule has 2 heterocycles. The standard InChI is InChI=1S/C12H10Br2N4O2/c1-20-11-7(2-6(13)3-8(11)14)9-4-10(19)17-12-15-5-16-18(9)12/h2-3,5,9H,4H2,1H3,(H,15,16,17,19)/t9-/m0/s1. The highest BCUT2D eigenvalue weighted by Gasteiger charge is 2.30. The molecule has 0 aliphatic carbocycles. The molecule has 0 unspecified atom stereocenters. The van der Waals surface area contributed by atoms with Gasteiger partial charge in [0.05, 0.1) is 24.0 Å². The van der Waals surface area contributed by atoms with E-state index in [-0.39, 0.29) is 18.4 Å². The molecule has 0 fully saturated rings. The number of ether oxygens (including phenoxy) is 1. The Labute approximate surface area is 131 Å². The molecule has 0 bridgehead atoms. The summed E-state index contributed by atoms with van der Waals surface area (Å²) in [6.07, 6.45) is 1.71. The lowest BCUT2D eigenvalue weighted by Crippen LogP contribution is -2.29. The van der Waals surface area contributed by atoms with Crippen molar-refractivity contribution < 1.29 is 9.53 Å². The molecule has 2 aromatic rings. The minimum atomic E-state index is -0.245. The number of fused-ring (bicyclic) bond motifs is 1. The van der Waals surface area contributed by atoms with Crippen LogP contribution in [0, 0.1) is 0 Å². The zero-order valence-corrected chi connectivity index (χ0v) is 13.6. The number of carbonyl (C=O) groups is 1. The second-order valence-corrected chi connectivity index (χ2v) is 6.08. The number of nitrogens with zero attached hydrogens (tertiary/aromatic N) is 3. The SMILES string of the molecule is COc1c(Br)cc(Br)cc1[C@@H]1CC(=O)Nc2ncnn21. The second-order valence-electron chi connectivity index (χ2n) is 4.31. The quantitative estimate of drug-likeness (QED) is 0.839. The number of aromatic nitrogens is 3. The van der Waals surface area contributed by atoms with Gasteiger partial charge in [-0.15, -0.1) is 0 Å². The van der Waals surface area contributed by atoms with Crippen LogP contribution in [0.3, 0.4) is 0 Å². The molecule has 3 rings (SSSR count). The summed E-state index contributed by atoms with van der Waals surface area (Å²) in [5.74, 6) is 1.05. The lowest BCUT2D eigenvalue weighted by Gasteiger charge is -2.25. The van der Waals surface area contributed by atoms with Crippen molar-refractivity contribution in [3.63, 3.8) is 0 Å². The zero-order chi connectivity index (χ0) is 14.3. The fourth-order valence-corrected chi connectivity index (χ4v) is 3.71. The topological polar surface area (TPSA) is 69.0 Å². The molecule has 0 spiro atoms. The monoisotopic (exact) mass is 400 g/mol. The number of methoxy groups -OCH3 is 1. The Hall–Kier alpha value is -1.41. The lowest BCUT2D eigenvalue weighted by atomic mass is 10.0. The van der Waals surface area contributed by atoms with Gasteiger partial charge < -0.3 is 4.74 Å². The van der Waals surface area contributed by atoms with Gasteiger partial charge >= 0.3 is 0 Å². The average Bonchev–Trinajstić information content (AvgIpc) is 2.84. The fraction of sp³-hybridized carbons (Fsp3) is 0.250. The van der Waals surface area contributed by atoms with E-state index in [1.807, 2.05) is 12.1 Å². The van der Waals surface area contributed by atoms with Crippen LogP contribution in [0.2, 0.25) is 0 Å². The highest BCUT2D eigenvalue weighted by Crippen LogP contribution is 2.40. The Kier molecular flexibility index (Phi) is 3.51. The van der Waals surface area contributed by atoms with E-state index in [9.17, 15) is 4.79 Å². The largest absolute Gasteiger partial charge is 0.495 e. The first-order chi connectivity index (χ1) is 9.60. The minimum Gasteiger partial charge on any atom is -0.495 e. The summed E-state index contributed by atoms with van der Waals surface area (Å²) in [7, 11) is 1.60. The molecule has 104 valence electrons. The van der Waals surface area contributed by atoms with E-state index in [0.717, 1.165) is 14.5 Å². The molecule has 1 atom stereocenters. The third-order valence-electron chi connectivity index (χ3n) is 3.10. The van der Waals surface area contributed by atoms with Crippen LogP contribution in [0.25, 0.3) is 0 Å². The number of nitrogens with one attached hydrogen (secondary N) is 1. The van der Waals surface area contributed by atoms with Crippen LogP contribution in [-0.2, 0) is 4.79 Å². The van der Waals surface area contributed by atoms with Gasteiger partial charge in [-0.05, 0) is 28.1 Å². The van der Waals surface area contributed by atoms with Gasteiger partial charge in [-0.1, -0.05) is 15.9 Å². The van der Waals surface area contributed by atoms with Crippen molar-refractivity contribution in [2.75, 3.05) is 12.4 Å². The summed E-state index contributed by atoms with van der Waals surface area (Å²) in [6, 6.07) is 3.58. The van der Waals surface area contributed by atoms with Crippen LogP contribution < -0.4 is 10.1 Å². The normalized spacial score (nSPS) is 17.6. The molecule has 20 heavy (non-hydrogen) atoms. The predicted molar refractivity (Wildman–Crippen MR) is 79.8 cm³/mol. The van der Waals surface area contributed by atoms with Crippen molar-refractivity contribution in [3.8, 4) is 5.75 Å². The molecular formula is C12H10Br2N4O2. The molecule has 1 aromatic heterocycles. The molecule has 1 aliphatic rings. The first-order valence-corrected chi connectivity index (χ1v) is 7.41. The molecule has 8 heteroatoms. The number of benzene rings is 1. The Morgan fingerprint density at radius 2 is 2.25 bits per heavy atom. The van der Waals surface area contributed by atoms with Crippen molar-refractivity contribution in [3.05, 3.63) is 33.0 Å². The van der Waals surface area contributed by atoms with Gasteiger partial charge in [-0.3, -0.25) is 10.1 Å². The van der Waals surface area contributed by atoms with Crippen LogP contribution in [0.4, 0.5) is 5.95 Å². The number of hydrogen-bond acceptors (Lipinski definition) is 4. The number of halogens is 2. The third-order valence-corrected chi connectivity index (χ3v) is 4.15. The van der Waals surface area contributed by atoms with Crippen LogP contribution >= 0.6 is 31.9 Å². The van der Waals surface area contributed by atoms with Crippen LogP contribution in [-0.4, -0.2) is 27.8 Å². The average molecular weight is 402 g/mol. The van der Waals surface area contributed by atoms with Crippen molar-refractivity contribution in [2.45, 2.75) is 12.5 Å². The third kappa shape index (κ3) is 2.22. The maximum absolute atomic E-state index is 11.8.